The molecule has 0 saturated carbocycles. The van der Waals surface area contributed by atoms with Crippen LogP contribution in [0.2, 0.25) is 0 Å². The van der Waals surface area contributed by atoms with Gasteiger partial charge in [0, 0.05) is 22.7 Å². The summed E-state index contributed by atoms with van der Waals surface area (Å²) in [6, 6.07) is 59.4. The largest absolute Gasteiger partial charge is 0.310 e. The first-order chi connectivity index (χ1) is 40.8. The summed E-state index contributed by atoms with van der Waals surface area (Å²) >= 11 is 0. The molecule has 0 aliphatic heterocycles. The predicted octanol–water partition coefficient (Wildman–Crippen LogP) is 24.2. The van der Waals surface area contributed by atoms with Crippen LogP contribution < -0.4 is 9.80 Å². The van der Waals surface area contributed by atoms with Crippen LogP contribution in [0.5, 0.6) is 0 Å². The van der Waals surface area contributed by atoms with E-state index in [0.29, 0.717) is 0 Å². The second-order valence-corrected chi connectivity index (χ2v) is 25.6. The number of nitrogens with zero attached hydrogens (tertiary/aromatic N) is 2. The highest BCUT2D eigenvalue weighted by molar-refractivity contribution is 5.93. The van der Waals surface area contributed by atoms with Gasteiger partial charge >= 0.3 is 0 Å². The van der Waals surface area contributed by atoms with E-state index >= 15 is 0 Å². The minimum Gasteiger partial charge on any atom is -0.310 e. The van der Waals surface area contributed by atoms with E-state index < -0.39 is 5.41 Å². The van der Waals surface area contributed by atoms with Crippen LogP contribution in [0.4, 0.5) is 34.1 Å². The van der Waals surface area contributed by atoms with Gasteiger partial charge in [-0.3, -0.25) is 0 Å². The number of hydrogen-bond acceptors (Lipinski definition) is 2. The maximum atomic E-state index is 2.69. The lowest BCUT2D eigenvalue weighted by Gasteiger charge is -2.37. The van der Waals surface area contributed by atoms with Crippen molar-refractivity contribution in [2.24, 2.45) is 0 Å². The van der Waals surface area contributed by atoms with Crippen molar-refractivity contribution in [2.75, 3.05) is 9.80 Å². The molecular formula is C82H102N2. The van der Waals surface area contributed by atoms with Crippen LogP contribution in [-0.2, 0) is 37.5 Å². The first kappa shape index (κ1) is 61.9. The highest BCUT2D eigenvalue weighted by Gasteiger charge is 2.48. The van der Waals surface area contributed by atoms with Crippen LogP contribution in [-0.4, -0.2) is 0 Å². The average molecular weight is 1120 g/mol. The summed E-state index contributed by atoms with van der Waals surface area (Å²) in [7, 11) is 0. The van der Waals surface area contributed by atoms with Crippen molar-refractivity contribution < 1.29 is 0 Å². The Labute approximate surface area is 510 Å². The molecule has 1 aliphatic carbocycles. The van der Waals surface area contributed by atoms with E-state index in [4.69, 9.17) is 0 Å². The summed E-state index contributed by atoms with van der Waals surface area (Å²) in [5.41, 5.74) is 31.2. The summed E-state index contributed by atoms with van der Waals surface area (Å²) in [5.74, 6) is 0. The van der Waals surface area contributed by atoms with Gasteiger partial charge in [-0.1, -0.05) is 219 Å². The van der Waals surface area contributed by atoms with Crippen LogP contribution in [0.25, 0.3) is 11.1 Å². The van der Waals surface area contributed by atoms with Gasteiger partial charge in [0.25, 0.3) is 0 Å². The average Bonchev–Trinajstić information content (AvgIpc) is 2.70. The molecule has 8 aromatic carbocycles. The lowest BCUT2D eigenvalue weighted by atomic mass is 9.66. The van der Waals surface area contributed by atoms with E-state index in [2.05, 4.69) is 238 Å². The van der Waals surface area contributed by atoms with Crippen molar-refractivity contribution in [3.8, 4) is 11.1 Å². The van der Waals surface area contributed by atoms with Crippen molar-refractivity contribution in [1.82, 2.24) is 0 Å². The molecule has 9 rings (SSSR count). The van der Waals surface area contributed by atoms with Gasteiger partial charge in [0.1, 0.15) is 0 Å². The summed E-state index contributed by atoms with van der Waals surface area (Å²) < 4.78 is 0. The second-order valence-electron chi connectivity index (χ2n) is 25.6. The molecule has 440 valence electrons. The first-order valence-electron chi connectivity index (χ1n) is 33.3. The fourth-order valence-corrected chi connectivity index (χ4v) is 14.2. The molecule has 0 heterocycles. The zero-order valence-electron chi connectivity index (χ0n) is 54.1. The van der Waals surface area contributed by atoms with Gasteiger partial charge in [-0.25, -0.2) is 0 Å². The zero-order chi connectivity index (χ0) is 59.3. The molecule has 0 N–H and O–H groups in total. The number of rotatable bonds is 29. The lowest BCUT2D eigenvalue weighted by Crippen LogP contribution is -2.30. The summed E-state index contributed by atoms with van der Waals surface area (Å²) in [6.07, 6.45) is 25.1. The van der Waals surface area contributed by atoms with Crippen molar-refractivity contribution >= 4 is 34.1 Å². The lowest BCUT2D eigenvalue weighted by molar-refractivity contribution is 0.658. The van der Waals surface area contributed by atoms with E-state index in [1.54, 1.807) is 0 Å². The molecule has 2 nitrogen and oxygen atoms in total. The number of unbranched alkanes of at least 4 members (excludes halogenated alkanes) is 11. The van der Waals surface area contributed by atoms with Crippen molar-refractivity contribution in [2.45, 2.75) is 223 Å². The Morgan fingerprint density at radius 2 is 0.595 bits per heavy atom. The monoisotopic (exact) mass is 1110 g/mol. The molecule has 1 aliphatic rings. The highest BCUT2D eigenvalue weighted by atomic mass is 15.2. The van der Waals surface area contributed by atoms with Gasteiger partial charge in [-0.2, -0.15) is 0 Å². The van der Waals surface area contributed by atoms with Gasteiger partial charge in [0.2, 0.25) is 0 Å². The van der Waals surface area contributed by atoms with Crippen molar-refractivity contribution in [1.29, 1.82) is 0 Å². The van der Waals surface area contributed by atoms with Gasteiger partial charge in [-0.05, 0) is 245 Å². The Morgan fingerprint density at radius 3 is 0.964 bits per heavy atom. The summed E-state index contributed by atoms with van der Waals surface area (Å²) in [6.45, 7) is 27.8. The standard InChI is InChI=1S/C82H102N2/c1-13-18-23-26-31-65-46-60(8)47-70(53-65)82(71-54-68(32-27-24-19-14-2)52-69(55-71)33-28-25-20-15-3)78-56-74(83(72-38-34-58(6)35-39-72)80-61(9)48-66(29-21-16-4)49-62(80)10)42-44-76(78)77-45-43-75(57-79(77)82)84(73-40-36-59(7)37-41-73)81-63(11)50-67(30-22-17-5)51-64(81)12/h34-57H,13-33H2,1-12H3. The maximum Gasteiger partial charge on any atom is 0.0715 e. The fraction of sp³-hybridized carbons (Fsp3) is 0.415. The Morgan fingerprint density at radius 1 is 0.274 bits per heavy atom. The number of benzene rings is 8. The third-order valence-corrected chi connectivity index (χ3v) is 18.4. The number of hydrogen-bond donors (Lipinski definition) is 0. The molecule has 8 aromatic rings. The third kappa shape index (κ3) is 13.9. The fourth-order valence-electron chi connectivity index (χ4n) is 14.2. The molecule has 0 saturated heterocycles. The highest BCUT2D eigenvalue weighted by Crippen LogP contribution is 2.59. The van der Waals surface area contributed by atoms with Crippen LogP contribution in [0.15, 0.2) is 146 Å². The Kier molecular flexibility index (Phi) is 21.3. The van der Waals surface area contributed by atoms with Gasteiger partial charge in [-0.15, -0.1) is 0 Å². The molecule has 0 fully saturated rings. The quantitative estimate of drug-likeness (QED) is 0.0431. The summed E-state index contributed by atoms with van der Waals surface area (Å²) in [5, 5.41) is 0. The molecule has 0 unspecified atom stereocenters. The number of anilines is 6. The van der Waals surface area contributed by atoms with Crippen LogP contribution in [0.1, 0.15) is 226 Å². The van der Waals surface area contributed by atoms with E-state index in [9.17, 15) is 0 Å². The Balaban J connectivity index is 1.40. The van der Waals surface area contributed by atoms with Gasteiger partial charge in [0.05, 0.1) is 16.8 Å². The molecule has 0 atom stereocenters. The van der Waals surface area contributed by atoms with Gasteiger partial charge < -0.3 is 9.80 Å². The predicted molar refractivity (Wildman–Crippen MR) is 367 cm³/mol. The van der Waals surface area contributed by atoms with Crippen LogP contribution in [0.3, 0.4) is 0 Å². The molecule has 0 aromatic heterocycles. The van der Waals surface area contributed by atoms with Crippen molar-refractivity contribution in [3.05, 3.63) is 235 Å². The molecule has 0 spiro atoms. The molecule has 84 heavy (non-hydrogen) atoms. The molecule has 0 bridgehead atoms. The summed E-state index contributed by atoms with van der Waals surface area (Å²) in [4.78, 5) is 5.20. The zero-order valence-corrected chi connectivity index (χ0v) is 54.1. The smallest absolute Gasteiger partial charge is 0.0715 e. The van der Waals surface area contributed by atoms with E-state index in [1.165, 1.54) is 237 Å². The normalized spacial score (nSPS) is 12.4. The van der Waals surface area contributed by atoms with Crippen LogP contribution in [0, 0.1) is 48.5 Å². The molecule has 2 heteroatoms. The maximum absolute atomic E-state index is 2.69. The van der Waals surface area contributed by atoms with Crippen LogP contribution >= 0.6 is 0 Å². The van der Waals surface area contributed by atoms with E-state index in [0.717, 1.165) is 32.1 Å². The van der Waals surface area contributed by atoms with Gasteiger partial charge in [0.15, 0.2) is 0 Å². The molecule has 0 radical (unpaired) electrons. The first-order valence-corrected chi connectivity index (χ1v) is 33.3. The topological polar surface area (TPSA) is 6.48 Å². The SMILES string of the molecule is CCCCCCc1cc(C)cc(C2(c3cc(CCCCCC)cc(CCCCCC)c3)c3cc(N(c4ccc(C)cc4)c4c(C)cc(CCCC)cc4C)ccc3-c3ccc(N(c4ccc(C)cc4)c4c(C)cc(CCCC)cc4C)cc32)c1. The minimum atomic E-state index is -0.668. The minimum absolute atomic E-state index is 0.668. The van der Waals surface area contributed by atoms with E-state index in [1.807, 2.05) is 0 Å². The third-order valence-electron chi connectivity index (χ3n) is 18.4. The van der Waals surface area contributed by atoms with E-state index in [-0.39, 0.29) is 0 Å². The number of fused-ring (bicyclic) bond motifs is 3. The molecule has 0 amide bonds. The second kappa shape index (κ2) is 29.0. The number of aryl methyl sites for hydroxylation is 12. The Bertz CT molecular complexity index is 3220. The van der Waals surface area contributed by atoms with Crippen molar-refractivity contribution in [3.63, 3.8) is 0 Å². The Hall–Kier alpha value is -6.64. The molecular weight excluding hydrogens is 1010 g/mol.